The number of aliphatic hydroxyl groups is 4. The fourth-order valence-electron chi connectivity index (χ4n) is 13.0. The van der Waals surface area contributed by atoms with Gasteiger partial charge < -0.3 is 97.1 Å². The molecule has 2 aliphatic heterocycles. The third-order valence-corrected chi connectivity index (χ3v) is 18.9. The Labute approximate surface area is 582 Å². The van der Waals surface area contributed by atoms with Crippen molar-refractivity contribution in [2.24, 2.45) is 29.4 Å². The van der Waals surface area contributed by atoms with Crippen LogP contribution in [0.1, 0.15) is 70.6 Å². The molecule has 0 radical (unpaired) electrons. The van der Waals surface area contributed by atoms with Gasteiger partial charge in [0, 0.05) is 167 Å². The highest BCUT2D eigenvalue weighted by atomic mass is 16.5. The van der Waals surface area contributed by atoms with Gasteiger partial charge in [-0.1, -0.05) is 30.7 Å². The highest BCUT2D eigenvalue weighted by Gasteiger charge is 2.39. The van der Waals surface area contributed by atoms with Crippen molar-refractivity contribution in [1.29, 1.82) is 0 Å². The fourth-order valence-corrected chi connectivity index (χ4v) is 13.0. The molecule has 2 heterocycles. The van der Waals surface area contributed by atoms with Crippen molar-refractivity contribution in [1.82, 2.24) is 62.1 Å². The Bertz CT molecular complexity index is 2580. The second-order valence-corrected chi connectivity index (χ2v) is 25.8. The number of hydrogen-bond acceptors (Lipinski definition) is 23. The van der Waals surface area contributed by atoms with Crippen molar-refractivity contribution < 1.29 is 87.2 Å². The van der Waals surface area contributed by atoms with E-state index in [-0.39, 0.29) is 107 Å². The van der Waals surface area contributed by atoms with Crippen molar-refractivity contribution in [2.75, 3.05) is 211 Å². The molecule has 0 saturated carbocycles. The number of unbranched alkanes of at least 4 members (excludes halogenated alkanes) is 1. The van der Waals surface area contributed by atoms with E-state index in [9.17, 15) is 58.8 Å². The Morgan fingerprint density at radius 2 is 0.677 bits per heavy atom. The zero-order valence-electron chi connectivity index (χ0n) is 58.4. The zero-order valence-corrected chi connectivity index (χ0v) is 58.4. The Morgan fingerprint density at radius 1 is 0.384 bits per heavy atom. The van der Waals surface area contributed by atoms with Crippen LogP contribution in [0.4, 0.5) is 0 Å². The maximum absolute atomic E-state index is 14.5. The highest BCUT2D eigenvalue weighted by Crippen LogP contribution is 2.29. The summed E-state index contributed by atoms with van der Waals surface area (Å²) in [6.45, 7) is 9.05. The molecule has 6 aliphatic rings. The molecule has 8 bridgehead atoms. The monoisotopic (exact) mass is 1400 g/mol. The topological polar surface area (TPSA) is 408 Å². The van der Waals surface area contributed by atoms with Crippen LogP contribution in [0.2, 0.25) is 0 Å². The van der Waals surface area contributed by atoms with E-state index in [1.165, 1.54) is 0 Å². The van der Waals surface area contributed by atoms with E-state index >= 15 is 0 Å². The molecule has 9 atom stereocenters. The molecule has 0 aromatic rings. The smallest absolute Gasteiger partial charge is 0.249 e. The maximum Gasteiger partial charge on any atom is 0.249 e. The number of fused-ring (bicyclic) bond motifs is 8. The van der Waals surface area contributed by atoms with Gasteiger partial charge in [0.2, 0.25) is 47.3 Å². The zero-order chi connectivity index (χ0) is 71.2. The van der Waals surface area contributed by atoms with Gasteiger partial charge in [-0.3, -0.25) is 58.0 Å². The summed E-state index contributed by atoms with van der Waals surface area (Å²) in [4.78, 5) is 120. The van der Waals surface area contributed by atoms with Crippen LogP contribution < -0.4 is 48.3 Å². The Morgan fingerprint density at radius 3 is 1.02 bits per heavy atom. The quantitative estimate of drug-likeness (QED) is 0.0386. The summed E-state index contributed by atoms with van der Waals surface area (Å²) in [5, 5.41) is 70.3. The van der Waals surface area contributed by atoms with Gasteiger partial charge in [-0.15, -0.1) is 0 Å². The maximum atomic E-state index is 14.5. The minimum Gasteiger partial charge on any atom is -0.387 e. The standard InChI is InChI=1S/C68H115N13O18/c1-94-39-41-98-45-43-96-37-35-79-28-21-72-63(88)51-12-5-10-49(57(51)82)61(86)70-19-26-78(27-20-71-62(87)50-11-6-13-52(58(50)83)64(89)73-22-29-79)33-34-81-32-25-76-66(91)54-15-7-14-53(59(54)84)65(90)74-23-30-80(36-38-97-44-46-99-42-40-95-2)31-24-75-67(92)55-16-8-17-56(60(55)85)68(93)77-48(47-81)9-3-4-18-69/h10-11,15,17,48,51-53,55,57-60,82-85H,3-9,12-14,16,18-47,69H2,1-2H3,(H,70,86)(H,71,87)(H,72,88)(H,73,89)(H,74,90)(H,75,92)(H,76,91)(H,77,93)/t48?,51-,52?,53+,55-,57?,58-,59?,60?/m0/s1. The first-order valence-corrected chi connectivity index (χ1v) is 35.7. The number of ether oxygens (including phenoxy) is 6. The molecule has 6 rings (SSSR count). The normalized spacial score (nSPS) is 27.2. The molecular formula is C68H115N13O18. The van der Waals surface area contributed by atoms with Gasteiger partial charge in [-0.05, 0) is 70.8 Å². The van der Waals surface area contributed by atoms with E-state index in [0.29, 0.717) is 183 Å². The largest absolute Gasteiger partial charge is 0.387 e. The number of methoxy groups -OCH3 is 2. The van der Waals surface area contributed by atoms with Gasteiger partial charge in [0.1, 0.15) is 0 Å². The molecule has 99 heavy (non-hydrogen) atoms. The molecule has 560 valence electrons. The van der Waals surface area contributed by atoms with Crippen molar-refractivity contribution in [3.8, 4) is 0 Å². The number of carbonyl (C=O) groups is 8. The third kappa shape index (κ3) is 28.5. The van der Waals surface area contributed by atoms with Crippen molar-refractivity contribution >= 4 is 47.3 Å². The van der Waals surface area contributed by atoms with Crippen molar-refractivity contribution in [2.45, 2.75) is 101 Å². The van der Waals surface area contributed by atoms with E-state index in [1.807, 2.05) is 19.6 Å². The molecular weight excluding hydrogens is 1290 g/mol. The van der Waals surface area contributed by atoms with Crippen LogP contribution in [0.25, 0.3) is 0 Å². The lowest BCUT2D eigenvalue weighted by molar-refractivity contribution is -0.130. The molecule has 0 spiro atoms. The van der Waals surface area contributed by atoms with E-state index in [0.717, 1.165) is 0 Å². The number of hydrogen-bond donors (Lipinski definition) is 13. The van der Waals surface area contributed by atoms with E-state index in [2.05, 4.69) is 42.5 Å². The van der Waals surface area contributed by atoms with Crippen LogP contribution >= 0.6 is 0 Å². The van der Waals surface area contributed by atoms with E-state index < -0.39 is 101 Å². The van der Waals surface area contributed by atoms with E-state index in [4.69, 9.17) is 34.2 Å². The van der Waals surface area contributed by atoms with Gasteiger partial charge in [0.05, 0.1) is 114 Å². The number of aliphatic hydroxyl groups excluding tert-OH is 4. The van der Waals surface area contributed by atoms with E-state index in [1.54, 1.807) is 38.5 Å². The first-order valence-electron chi connectivity index (χ1n) is 35.7. The van der Waals surface area contributed by atoms with Gasteiger partial charge in [0.15, 0.2) is 0 Å². The molecule has 0 aromatic heterocycles. The number of rotatable bonds is 25. The van der Waals surface area contributed by atoms with Gasteiger partial charge in [0.25, 0.3) is 0 Å². The predicted octanol–water partition coefficient (Wildman–Crippen LogP) is -4.20. The lowest BCUT2D eigenvalue weighted by atomic mass is 9.84. The first-order chi connectivity index (χ1) is 48.0. The predicted molar refractivity (Wildman–Crippen MR) is 366 cm³/mol. The average molecular weight is 1400 g/mol. The molecule has 4 aliphatic carbocycles. The molecule has 2 saturated heterocycles. The number of nitrogens with two attached hydrogens (primary N) is 1. The molecule has 8 amide bonds. The number of nitrogens with zero attached hydrogens (tertiary/aromatic N) is 4. The number of nitrogens with one attached hydrogen (secondary N) is 8. The summed E-state index contributed by atoms with van der Waals surface area (Å²) in [7, 11) is 3.18. The lowest BCUT2D eigenvalue weighted by Crippen LogP contribution is -2.51. The van der Waals surface area contributed by atoms with Gasteiger partial charge in [-0.25, -0.2) is 0 Å². The van der Waals surface area contributed by atoms with Crippen LogP contribution in [0, 0.1) is 23.7 Å². The highest BCUT2D eigenvalue weighted by molar-refractivity contribution is 5.98. The molecule has 14 N–H and O–H groups in total. The summed E-state index contributed by atoms with van der Waals surface area (Å²) < 4.78 is 32.6. The minimum atomic E-state index is -1.41. The second-order valence-electron chi connectivity index (χ2n) is 25.8. The average Bonchev–Trinajstić information content (AvgIpc) is 0.868. The summed E-state index contributed by atoms with van der Waals surface area (Å²) in [6, 6.07) is -0.549. The fraction of sp³-hybridized carbons (Fsp3) is 0.765. The summed E-state index contributed by atoms with van der Waals surface area (Å²) in [5.74, 6) is -7.47. The minimum absolute atomic E-state index is 0.0598. The number of allylic oxidation sites excluding steroid dienone is 4. The molecule has 31 nitrogen and oxygen atoms in total. The third-order valence-electron chi connectivity index (χ3n) is 18.9. The second kappa shape index (κ2) is 46.6. The Hall–Kier alpha value is -5.88. The number of carbonyl (C=O) groups excluding carboxylic acids is 8. The van der Waals surface area contributed by atoms with Crippen LogP contribution in [0.5, 0.6) is 0 Å². The van der Waals surface area contributed by atoms with Gasteiger partial charge >= 0.3 is 0 Å². The van der Waals surface area contributed by atoms with Crippen LogP contribution in [0.3, 0.4) is 0 Å². The van der Waals surface area contributed by atoms with Crippen LogP contribution in [0.15, 0.2) is 46.6 Å². The number of amides is 8. The molecule has 0 aromatic carbocycles. The first kappa shape index (κ1) is 82.1. The summed E-state index contributed by atoms with van der Waals surface area (Å²) in [6.07, 6.45) is 5.40. The Balaban J connectivity index is 1.19. The summed E-state index contributed by atoms with van der Waals surface area (Å²) in [5.41, 5.74) is 6.25. The Kier molecular flexibility index (Phi) is 38.6. The van der Waals surface area contributed by atoms with Crippen molar-refractivity contribution in [3.05, 3.63) is 46.6 Å². The molecule has 5 unspecified atom stereocenters. The van der Waals surface area contributed by atoms with Crippen LogP contribution in [-0.4, -0.2) is 329 Å². The van der Waals surface area contributed by atoms with Crippen LogP contribution in [-0.2, 0) is 66.8 Å². The lowest BCUT2D eigenvalue weighted by Gasteiger charge is -2.33. The summed E-state index contributed by atoms with van der Waals surface area (Å²) >= 11 is 0. The molecule has 31 heteroatoms. The molecule has 2 fully saturated rings. The SMILES string of the molecule is COCCOCCOCCN1CCNC(=O)C2CCC=C(C(=O)NCCN(CCN3CCNC(=O)C4=CCC[C@@H](C(=O)NCCN(CCOCCOCCOC)CCNC(=O)[C@H]5CCC=C(C(=O)NC(CCCCN)C3)C5O)C4O)CCNC(=O)C3=CCC[C@H](C(=O)NCC1)C3O)[C@@H]2O. The van der Waals surface area contributed by atoms with Gasteiger partial charge in [-0.2, -0.15) is 0 Å². The van der Waals surface area contributed by atoms with Crippen molar-refractivity contribution in [3.63, 3.8) is 0 Å².